The van der Waals surface area contributed by atoms with Gasteiger partial charge in [-0.05, 0) is 40.9 Å². The lowest BCUT2D eigenvalue weighted by Crippen LogP contribution is -2.46. The molecule has 0 atom stereocenters. The van der Waals surface area contributed by atoms with Gasteiger partial charge in [-0.15, -0.1) is 11.6 Å². The maximum atomic E-state index is 12.4. The van der Waals surface area contributed by atoms with Crippen molar-refractivity contribution in [1.82, 2.24) is 10.2 Å². The molecule has 0 radical (unpaired) electrons. The third-order valence-corrected chi connectivity index (χ3v) is 4.45. The Morgan fingerprint density at radius 1 is 1.29 bits per heavy atom. The lowest BCUT2D eigenvalue weighted by Gasteiger charge is -2.32. The van der Waals surface area contributed by atoms with Crippen molar-refractivity contribution in [2.45, 2.75) is 25.3 Å². The van der Waals surface area contributed by atoms with Gasteiger partial charge in [-0.2, -0.15) is 0 Å². The van der Waals surface area contributed by atoms with Gasteiger partial charge in [0.15, 0.2) is 0 Å². The fraction of sp³-hybridized carbons (Fsp3) is 0.467. The molecule has 1 aliphatic heterocycles. The number of likely N-dealkylation sites (tertiary alicyclic amines) is 1. The Hall–Kier alpha value is -1.07. The van der Waals surface area contributed by atoms with Crippen LogP contribution in [0, 0.1) is 0 Å². The minimum Gasteiger partial charge on any atom is -0.353 e. The Morgan fingerprint density at radius 3 is 2.57 bits per heavy atom. The molecule has 6 heteroatoms. The Kier molecular flexibility index (Phi) is 6.06. The van der Waals surface area contributed by atoms with Crippen molar-refractivity contribution in [3.05, 3.63) is 34.3 Å². The third kappa shape index (κ3) is 4.45. The fourth-order valence-corrected chi connectivity index (χ4v) is 3.04. The molecule has 0 saturated carbocycles. The van der Waals surface area contributed by atoms with Crippen LogP contribution in [0.3, 0.4) is 0 Å². The van der Waals surface area contributed by atoms with E-state index in [2.05, 4.69) is 21.2 Å². The van der Waals surface area contributed by atoms with Crippen LogP contribution < -0.4 is 5.32 Å². The maximum absolute atomic E-state index is 12.4. The Balaban J connectivity index is 1.88. The number of alkyl halides is 1. The second-order valence-electron chi connectivity index (χ2n) is 5.05. The molecule has 2 amide bonds. The average Bonchev–Trinajstić information content (AvgIpc) is 2.48. The Morgan fingerprint density at radius 2 is 1.95 bits per heavy atom. The largest absolute Gasteiger partial charge is 0.353 e. The molecule has 0 bridgehead atoms. The number of piperidine rings is 1. The lowest BCUT2D eigenvalue weighted by molar-refractivity contribution is -0.121. The van der Waals surface area contributed by atoms with Gasteiger partial charge in [-0.25, -0.2) is 0 Å². The maximum Gasteiger partial charge on any atom is 0.254 e. The van der Waals surface area contributed by atoms with Crippen molar-refractivity contribution in [3.63, 3.8) is 0 Å². The first kappa shape index (κ1) is 16.3. The number of hydrogen-bond donors (Lipinski definition) is 1. The molecule has 2 rings (SSSR count). The molecule has 0 unspecified atom stereocenters. The van der Waals surface area contributed by atoms with Gasteiger partial charge in [-0.3, -0.25) is 9.59 Å². The lowest BCUT2D eigenvalue weighted by atomic mass is 10.0. The molecule has 1 heterocycles. The summed E-state index contributed by atoms with van der Waals surface area (Å²) in [6, 6.07) is 7.58. The van der Waals surface area contributed by atoms with Crippen LogP contribution in [-0.4, -0.2) is 41.7 Å². The van der Waals surface area contributed by atoms with Gasteiger partial charge in [0.2, 0.25) is 5.91 Å². The molecule has 0 aromatic heterocycles. The normalized spacial score (nSPS) is 15.8. The van der Waals surface area contributed by atoms with Crippen LogP contribution in [-0.2, 0) is 4.79 Å². The first-order valence-electron chi connectivity index (χ1n) is 7.01. The van der Waals surface area contributed by atoms with Gasteiger partial charge in [-0.1, -0.05) is 12.1 Å². The predicted molar refractivity (Wildman–Crippen MR) is 86.5 cm³/mol. The zero-order valence-corrected chi connectivity index (χ0v) is 14.0. The first-order valence-corrected chi connectivity index (χ1v) is 8.33. The van der Waals surface area contributed by atoms with Gasteiger partial charge >= 0.3 is 0 Å². The minimum atomic E-state index is -0.0134. The summed E-state index contributed by atoms with van der Waals surface area (Å²) in [5.41, 5.74) is 0.683. The number of carbonyl (C=O) groups excluding carboxylic acids is 2. The molecular weight excluding hydrogens is 356 g/mol. The number of nitrogens with zero attached hydrogens (tertiary/aromatic N) is 1. The average molecular weight is 374 g/mol. The number of nitrogens with one attached hydrogen (secondary N) is 1. The van der Waals surface area contributed by atoms with Gasteiger partial charge < -0.3 is 10.2 Å². The number of rotatable bonds is 4. The van der Waals surface area contributed by atoms with Gasteiger partial charge in [0.1, 0.15) is 0 Å². The van der Waals surface area contributed by atoms with Gasteiger partial charge in [0.25, 0.3) is 5.91 Å². The van der Waals surface area contributed by atoms with E-state index < -0.39 is 0 Å². The van der Waals surface area contributed by atoms with Crippen LogP contribution >= 0.6 is 27.5 Å². The summed E-state index contributed by atoms with van der Waals surface area (Å²) in [7, 11) is 0. The summed E-state index contributed by atoms with van der Waals surface area (Å²) in [5.74, 6) is 0.360. The topological polar surface area (TPSA) is 49.4 Å². The summed E-state index contributed by atoms with van der Waals surface area (Å²) in [4.78, 5) is 25.8. The number of halogens is 2. The second-order valence-corrected chi connectivity index (χ2v) is 6.29. The molecule has 4 nitrogen and oxygen atoms in total. The zero-order valence-electron chi connectivity index (χ0n) is 11.6. The summed E-state index contributed by atoms with van der Waals surface area (Å²) in [6.45, 7) is 1.32. The molecule has 1 aliphatic rings. The van der Waals surface area contributed by atoms with E-state index in [0.717, 1.165) is 17.3 Å². The van der Waals surface area contributed by atoms with Crippen molar-refractivity contribution in [1.29, 1.82) is 0 Å². The van der Waals surface area contributed by atoms with E-state index >= 15 is 0 Å². The van der Waals surface area contributed by atoms with Crippen molar-refractivity contribution in [2.75, 3.05) is 19.0 Å². The molecule has 114 valence electrons. The Bertz CT molecular complexity index is 516. The third-order valence-electron chi connectivity index (χ3n) is 3.57. The molecule has 21 heavy (non-hydrogen) atoms. The highest BCUT2D eigenvalue weighted by atomic mass is 79.9. The smallest absolute Gasteiger partial charge is 0.254 e. The van der Waals surface area contributed by atoms with E-state index in [0.29, 0.717) is 31.0 Å². The molecule has 1 fully saturated rings. The zero-order chi connectivity index (χ0) is 15.2. The predicted octanol–water partition coefficient (Wildman–Crippen LogP) is 2.80. The van der Waals surface area contributed by atoms with E-state index in [-0.39, 0.29) is 17.9 Å². The number of benzene rings is 1. The highest BCUT2D eigenvalue weighted by molar-refractivity contribution is 9.10. The molecule has 1 aromatic carbocycles. The van der Waals surface area contributed by atoms with Crippen molar-refractivity contribution in [2.24, 2.45) is 0 Å². The van der Waals surface area contributed by atoms with E-state index in [1.54, 1.807) is 0 Å². The van der Waals surface area contributed by atoms with Crippen molar-refractivity contribution in [3.8, 4) is 0 Å². The van der Waals surface area contributed by atoms with E-state index in [4.69, 9.17) is 11.6 Å². The van der Waals surface area contributed by atoms with E-state index in [9.17, 15) is 9.59 Å². The fourth-order valence-electron chi connectivity index (χ4n) is 2.42. The minimum absolute atomic E-state index is 0.0134. The van der Waals surface area contributed by atoms with Crippen LogP contribution in [0.2, 0.25) is 0 Å². The molecule has 1 N–H and O–H groups in total. The molecule has 0 spiro atoms. The quantitative estimate of drug-likeness (QED) is 0.825. The summed E-state index contributed by atoms with van der Waals surface area (Å²) >= 11 is 8.95. The van der Waals surface area contributed by atoms with Crippen LogP contribution in [0.25, 0.3) is 0 Å². The second kappa shape index (κ2) is 7.80. The number of hydrogen-bond acceptors (Lipinski definition) is 2. The van der Waals surface area contributed by atoms with Crippen LogP contribution in [0.5, 0.6) is 0 Å². The molecular formula is C15H18BrClN2O2. The highest BCUT2D eigenvalue weighted by Crippen LogP contribution is 2.20. The van der Waals surface area contributed by atoms with Crippen molar-refractivity contribution >= 4 is 39.3 Å². The van der Waals surface area contributed by atoms with E-state index in [1.807, 2.05) is 29.2 Å². The summed E-state index contributed by atoms with van der Waals surface area (Å²) in [5, 5.41) is 2.96. The summed E-state index contributed by atoms with van der Waals surface area (Å²) in [6.07, 6.45) is 1.91. The first-order chi connectivity index (χ1) is 10.1. The Labute approximate surface area is 138 Å². The van der Waals surface area contributed by atoms with Gasteiger partial charge in [0.05, 0.1) is 5.56 Å². The van der Waals surface area contributed by atoms with Crippen LogP contribution in [0.4, 0.5) is 0 Å². The number of carbonyl (C=O) groups is 2. The summed E-state index contributed by atoms with van der Waals surface area (Å²) < 4.78 is 0.813. The number of amides is 2. The standard InChI is InChI=1S/C15H18BrClN2O2/c16-13-4-2-1-3-12(13)15(21)19-9-6-11(7-10-19)18-14(20)5-8-17/h1-4,11H,5-10H2,(H,18,20). The van der Waals surface area contributed by atoms with Crippen LogP contribution in [0.1, 0.15) is 29.6 Å². The van der Waals surface area contributed by atoms with Gasteiger partial charge in [0, 0.05) is 35.9 Å². The van der Waals surface area contributed by atoms with E-state index in [1.165, 1.54) is 0 Å². The molecule has 1 aromatic rings. The van der Waals surface area contributed by atoms with Crippen LogP contribution in [0.15, 0.2) is 28.7 Å². The SMILES string of the molecule is O=C(CCCl)NC1CCN(C(=O)c2ccccc2Br)CC1. The molecule has 1 saturated heterocycles. The molecule has 0 aliphatic carbocycles. The monoisotopic (exact) mass is 372 g/mol. The van der Waals surface area contributed by atoms with Crippen molar-refractivity contribution < 1.29 is 9.59 Å². The highest BCUT2D eigenvalue weighted by Gasteiger charge is 2.25.